The number of morpholine rings is 1. The molecule has 0 bridgehead atoms. The van der Waals surface area contributed by atoms with E-state index in [1.807, 2.05) is 4.90 Å². The summed E-state index contributed by atoms with van der Waals surface area (Å²) in [7, 11) is 0. The number of β-amino-alcohol motifs (C(OH)–C–C–N with tert-alkyl or cyclic N) is 1. The van der Waals surface area contributed by atoms with Gasteiger partial charge in [0.15, 0.2) is 0 Å². The van der Waals surface area contributed by atoms with Crippen LogP contribution in [0.4, 0.5) is 0 Å². The number of carbonyl (C=O) groups excluding carboxylic acids is 1. The molecule has 82 valence electrons. The fourth-order valence-electron chi connectivity index (χ4n) is 1.31. The predicted octanol–water partition coefficient (Wildman–Crippen LogP) is -0.410. The SMILES string of the molecule is CCC(=O)OC1CN(CCO)CCO1. The van der Waals surface area contributed by atoms with Crippen molar-refractivity contribution < 1.29 is 19.4 Å². The van der Waals surface area contributed by atoms with Crippen molar-refractivity contribution in [1.82, 2.24) is 4.90 Å². The molecule has 0 aromatic rings. The smallest absolute Gasteiger partial charge is 0.307 e. The van der Waals surface area contributed by atoms with Gasteiger partial charge in [0, 0.05) is 19.5 Å². The standard InChI is InChI=1S/C9H17NO4/c1-2-8(12)14-9-7-10(3-5-11)4-6-13-9/h9,11H,2-7H2,1H3. The number of ether oxygens (including phenoxy) is 2. The lowest BCUT2D eigenvalue weighted by Gasteiger charge is -2.31. The zero-order valence-electron chi connectivity index (χ0n) is 8.44. The number of carbonyl (C=O) groups is 1. The molecule has 0 amide bonds. The van der Waals surface area contributed by atoms with Gasteiger partial charge >= 0.3 is 5.97 Å². The molecule has 1 N–H and O–H groups in total. The second kappa shape index (κ2) is 5.95. The van der Waals surface area contributed by atoms with Gasteiger partial charge < -0.3 is 14.6 Å². The largest absolute Gasteiger partial charge is 0.434 e. The molecule has 0 aliphatic carbocycles. The molecule has 0 aromatic carbocycles. The molecule has 1 saturated heterocycles. The molecular weight excluding hydrogens is 186 g/mol. The first-order valence-corrected chi connectivity index (χ1v) is 4.90. The summed E-state index contributed by atoms with van der Waals surface area (Å²) in [6.45, 7) is 4.34. The lowest BCUT2D eigenvalue weighted by atomic mass is 10.4. The zero-order valence-corrected chi connectivity index (χ0v) is 8.44. The maximum Gasteiger partial charge on any atom is 0.307 e. The van der Waals surface area contributed by atoms with Crippen LogP contribution in [-0.2, 0) is 14.3 Å². The Bertz CT molecular complexity index is 184. The summed E-state index contributed by atoms with van der Waals surface area (Å²) < 4.78 is 10.3. The minimum atomic E-state index is -0.470. The molecule has 0 radical (unpaired) electrons. The van der Waals surface area contributed by atoms with Crippen molar-refractivity contribution in [2.45, 2.75) is 19.6 Å². The molecule has 1 atom stereocenters. The van der Waals surface area contributed by atoms with Crippen molar-refractivity contribution in [2.24, 2.45) is 0 Å². The highest BCUT2D eigenvalue weighted by Gasteiger charge is 2.22. The maximum absolute atomic E-state index is 11.0. The Morgan fingerprint density at radius 1 is 1.71 bits per heavy atom. The van der Waals surface area contributed by atoms with Gasteiger partial charge in [-0.1, -0.05) is 6.92 Å². The Balaban J connectivity index is 2.28. The lowest BCUT2D eigenvalue weighted by Crippen LogP contribution is -2.45. The van der Waals surface area contributed by atoms with Crippen molar-refractivity contribution in [3.05, 3.63) is 0 Å². The molecule has 0 aromatic heterocycles. The molecule has 5 heteroatoms. The van der Waals surface area contributed by atoms with Crippen LogP contribution < -0.4 is 0 Å². The van der Waals surface area contributed by atoms with Crippen LogP contribution in [0.3, 0.4) is 0 Å². The van der Waals surface area contributed by atoms with Gasteiger partial charge in [-0.2, -0.15) is 0 Å². The summed E-state index contributed by atoms with van der Waals surface area (Å²) in [5, 5.41) is 8.74. The van der Waals surface area contributed by atoms with Crippen molar-refractivity contribution in [3.63, 3.8) is 0 Å². The van der Waals surface area contributed by atoms with E-state index in [1.54, 1.807) is 6.92 Å². The molecule has 1 aliphatic rings. The summed E-state index contributed by atoms with van der Waals surface area (Å²) in [4.78, 5) is 13.0. The van der Waals surface area contributed by atoms with Gasteiger partial charge in [-0.3, -0.25) is 9.69 Å². The van der Waals surface area contributed by atoms with Gasteiger partial charge in [0.2, 0.25) is 6.29 Å². The third-order valence-electron chi connectivity index (χ3n) is 2.09. The van der Waals surface area contributed by atoms with Gasteiger partial charge in [0.1, 0.15) is 0 Å². The topological polar surface area (TPSA) is 59.0 Å². The summed E-state index contributed by atoms with van der Waals surface area (Å²) >= 11 is 0. The van der Waals surface area contributed by atoms with Crippen LogP contribution in [0.25, 0.3) is 0 Å². The summed E-state index contributed by atoms with van der Waals surface area (Å²) in [5.41, 5.74) is 0. The van der Waals surface area contributed by atoms with E-state index in [9.17, 15) is 4.79 Å². The zero-order chi connectivity index (χ0) is 10.4. The number of nitrogens with zero attached hydrogens (tertiary/aromatic N) is 1. The van der Waals surface area contributed by atoms with Gasteiger partial charge in [0.05, 0.1) is 19.8 Å². The second-order valence-electron chi connectivity index (χ2n) is 3.17. The van der Waals surface area contributed by atoms with Crippen molar-refractivity contribution in [2.75, 3.05) is 32.8 Å². The van der Waals surface area contributed by atoms with Crippen molar-refractivity contribution in [3.8, 4) is 0 Å². The van der Waals surface area contributed by atoms with Crippen LogP contribution >= 0.6 is 0 Å². The van der Waals surface area contributed by atoms with E-state index in [-0.39, 0.29) is 12.6 Å². The minimum absolute atomic E-state index is 0.119. The molecule has 1 aliphatic heterocycles. The predicted molar refractivity (Wildman–Crippen MR) is 49.6 cm³/mol. The number of rotatable bonds is 4. The molecule has 0 saturated carbocycles. The Kier molecular flexibility index (Phi) is 4.86. The van der Waals surface area contributed by atoms with E-state index in [2.05, 4.69) is 0 Å². The third-order valence-corrected chi connectivity index (χ3v) is 2.09. The minimum Gasteiger partial charge on any atom is -0.434 e. The highest BCUT2D eigenvalue weighted by Crippen LogP contribution is 2.06. The van der Waals surface area contributed by atoms with Crippen LogP contribution in [0.2, 0.25) is 0 Å². The molecule has 14 heavy (non-hydrogen) atoms. The van der Waals surface area contributed by atoms with Crippen LogP contribution in [0.1, 0.15) is 13.3 Å². The summed E-state index contributed by atoms with van der Waals surface area (Å²) in [5.74, 6) is -0.249. The average Bonchev–Trinajstić information content (AvgIpc) is 2.19. The Morgan fingerprint density at radius 2 is 2.50 bits per heavy atom. The van der Waals surface area contributed by atoms with Gasteiger partial charge in [-0.25, -0.2) is 0 Å². The molecule has 5 nitrogen and oxygen atoms in total. The van der Waals surface area contributed by atoms with Gasteiger partial charge in [0.25, 0.3) is 0 Å². The first-order chi connectivity index (χ1) is 6.76. The second-order valence-corrected chi connectivity index (χ2v) is 3.17. The highest BCUT2D eigenvalue weighted by molar-refractivity contribution is 5.68. The fourth-order valence-corrected chi connectivity index (χ4v) is 1.31. The Morgan fingerprint density at radius 3 is 3.14 bits per heavy atom. The molecule has 1 fully saturated rings. The van der Waals surface area contributed by atoms with Crippen LogP contribution in [0, 0.1) is 0 Å². The number of aliphatic hydroxyl groups excluding tert-OH is 1. The van der Waals surface area contributed by atoms with Gasteiger partial charge in [-0.15, -0.1) is 0 Å². The van der Waals surface area contributed by atoms with Crippen molar-refractivity contribution >= 4 is 5.97 Å². The lowest BCUT2D eigenvalue weighted by molar-refractivity contribution is -0.194. The Hall–Kier alpha value is -0.650. The van der Waals surface area contributed by atoms with Crippen molar-refractivity contribution in [1.29, 1.82) is 0 Å². The first-order valence-electron chi connectivity index (χ1n) is 4.90. The number of aliphatic hydroxyl groups is 1. The summed E-state index contributed by atoms with van der Waals surface area (Å²) in [6, 6.07) is 0. The molecule has 1 unspecified atom stereocenters. The van der Waals surface area contributed by atoms with E-state index >= 15 is 0 Å². The quantitative estimate of drug-likeness (QED) is 0.629. The fraction of sp³-hybridized carbons (Fsp3) is 0.889. The van der Waals surface area contributed by atoms with Crippen LogP contribution in [-0.4, -0.2) is 55.1 Å². The normalized spacial score (nSPS) is 23.4. The Labute approximate surface area is 83.6 Å². The van der Waals surface area contributed by atoms with Gasteiger partial charge in [-0.05, 0) is 0 Å². The highest BCUT2D eigenvalue weighted by atomic mass is 16.7. The monoisotopic (exact) mass is 203 g/mol. The molecule has 0 spiro atoms. The van der Waals surface area contributed by atoms with E-state index in [1.165, 1.54) is 0 Å². The van der Waals surface area contributed by atoms with Crippen LogP contribution in [0.5, 0.6) is 0 Å². The van der Waals surface area contributed by atoms with E-state index < -0.39 is 6.29 Å². The molecular formula is C9H17NO4. The number of esters is 1. The molecule has 1 heterocycles. The van der Waals surface area contributed by atoms with E-state index in [0.29, 0.717) is 26.1 Å². The first kappa shape index (κ1) is 11.4. The summed E-state index contributed by atoms with van der Waals surface area (Å²) in [6.07, 6.45) is -0.109. The van der Waals surface area contributed by atoms with E-state index in [0.717, 1.165) is 6.54 Å². The maximum atomic E-state index is 11.0. The third kappa shape index (κ3) is 3.61. The van der Waals surface area contributed by atoms with E-state index in [4.69, 9.17) is 14.6 Å². The van der Waals surface area contributed by atoms with Crippen LogP contribution in [0.15, 0.2) is 0 Å². The molecule has 1 rings (SSSR count). The average molecular weight is 203 g/mol. The number of hydrogen-bond donors (Lipinski definition) is 1. The number of hydrogen-bond acceptors (Lipinski definition) is 5.